The van der Waals surface area contributed by atoms with Crippen LogP contribution in [0.3, 0.4) is 0 Å². The van der Waals surface area contributed by atoms with Crippen molar-refractivity contribution in [2.45, 2.75) is 0 Å². The van der Waals surface area contributed by atoms with Crippen LogP contribution < -0.4 is 0 Å². The van der Waals surface area contributed by atoms with E-state index in [0.717, 1.165) is 11.1 Å². The Morgan fingerprint density at radius 2 is 1.50 bits per heavy atom. The monoisotopic (exact) mass is 211 g/mol. The minimum Gasteiger partial charge on any atom is -0.294 e. The molecule has 3 heteroatoms. The highest BCUT2D eigenvalue weighted by atomic mass is 16.2. The quantitative estimate of drug-likeness (QED) is 0.444. The average molecular weight is 211 g/mol. The van der Waals surface area contributed by atoms with Crippen LogP contribution in [0, 0.1) is 0 Å². The Morgan fingerprint density at radius 1 is 0.938 bits per heavy atom. The SMILES string of the molecule is O=CC(=O)c1ccc(-c2ccncc2)cc1. The van der Waals surface area contributed by atoms with Crippen molar-refractivity contribution in [3.8, 4) is 11.1 Å². The maximum Gasteiger partial charge on any atom is 0.225 e. The van der Waals surface area contributed by atoms with Crippen LogP contribution in [0.5, 0.6) is 0 Å². The molecular formula is C13H9NO2. The van der Waals surface area contributed by atoms with Crippen molar-refractivity contribution in [3.05, 3.63) is 54.4 Å². The fourth-order valence-electron chi connectivity index (χ4n) is 1.44. The molecule has 0 unspecified atom stereocenters. The summed E-state index contributed by atoms with van der Waals surface area (Å²) < 4.78 is 0. The van der Waals surface area contributed by atoms with E-state index in [1.165, 1.54) is 0 Å². The van der Waals surface area contributed by atoms with Crippen LogP contribution in [0.15, 0.2) is 48.8 Å². The molecule has 0 N–H and O–H groups in total. The van der Waals surface area contributed by atoms with Gasteiger partial charge in [0.1, 0.15) is 0 Å². The Morgan fingerprint density at radius 3 is 2.06 bits per heavy atom. The summed E-state index contributed by atoms with van der Waals surface area (Å²) in [7, 11) is 0. The Hall–Kier alpha value is -2.29. The molecule has 78 valence electrons. The second kappa shape index (κ2) is 4.49. The molecule has 0 aliphatic carbocycles. The summed E-state index contributed by atoms with van der Waals surface area (Å²) in [6.45, 7) is 0. The lowest BCUT2D eigenvalue weighted by Gasteiger charge is -2.01. The number of benzene rings is 1. The summed E-state index contributed by atoms with van der Waals surface area (Å²) in [4.78, 5) is 25.3. The van der Waals surface area contributed by atoms with Gasteiger partial charge in [-0.05, 0) is 23.3 Å². The third kappa shape index (κ3) is 2.03. The number of carbonyl (C=O) groups excluding carboxylic acids is 2. The minimum absolute atomic E-state index is 0.321. The van der Waals surface area contributed by atoms with Gasteiger partial charge in [-0.2, -0.15) is 0 Å². The van der Waals surface area contributed by atoms with Crippen molar-refractivity contribution in [2.75, 3.05) is 0 Å². The van der Waals surface area contributed by atoms with Crippen molar-refractivity contribution in [2.24, 2.45) is 0 Å². The fourth-order valence-corrected chi connectivity index (χ4v) is 1.44. The number of hydrogen-bond donors (Lipinski definition) is 0. The number of Topliss-reactive ketones (excluding diaryl/α,β-unsaturated/α-hetero) is 1. The van der Waals surface area contributed by atoms with E-state index in [0.29, 0.717) is 11.8 Å². The predicted octanol–water partition coefficient (Wildman–Crippen LogP) is 2.13. The molecule has 1 aromatic heterocycles. The number of carbonyl (C=O) groups is 2. The number of pyridine rings is 1. The third-order valence-electron chi connectivity index (χ3n) is 2.29. The van der Waals surface area contributed by atoms with Gasteiger partial charge >= 0.3 is 0 Å². The number of aldehydes is 1. The normalized spacial score (nSPS) is 9.75. The summed E-state index contributed by atoms with van der Waals surface area (Å²) in [5.41, 5.74) is 2.43. The fraction of sp³-hybridized carbons (Fsp3) is 0. The molecule has 2 rings (SSSR count). The molecule has 0 amide bonds. The van der Waals surface area contributed by atoms with E-state index >= 15 is 0 Å². The van der Waals surface area contributed by atoms with E-state index < -0.39 is 5.78 Å². The van der Waals surface area contributed by atoms with Crippen LogP contribution >= 0.6 is 0 Å². The molecule has 0 aliphatic heterocycles. The standard InChI is InChI=1S/C13H9NO2/c15-9-13(16)12-3-1-10(2-4-12)11-5-7-14-8-6-11/h1-9H. The van der Waals surface area contributed by atoms with E-state index in [9.17, 15) is 9.59 Å². The summed E-state index contributed by atoms with van der Waals surface area (Å²) in [5, 5.41) is 0. The number of rotatable bonds is 3. The maximum atomic E-state index is 11.1. The van der Waals surface area contributed by atoms with Crippen molar-refractivity contribution in [1.29, 1.82) is 0 Å². The third-order valence-corrected chi connectivity index (χ3v) is 2.29. The summed E-state index contributed by atoms with van der Waals surface area (Å²) in [6, 6.07) is 10.7. The smallest absolute Gasteiger partial charge is 0.225 e. The summed E-state index contributed by atoms with van der Waals surface area (Å²) in [6.07, 6.45) is 3.74. The van der Waals surface area contributed by atoms with Gasteiger partial charge in [0, 0.05) is 18.0 Å². The molecule has 0 spiro atoms. The van der Waals surface area contributed by atoms with E-state index in [1.54, 1.807) is 24.5 Å². The molecule has 0 aliphatic rings. The minimum atomic E-state index is -0.499. The highest BCUT2D eigenvalue weighted by Gasteiger charge is 2.03. The van der Waals surface area contributed by atoms with E-state index in [1.807, 2.05) is 24.3 Å². The van der Waals surface area contributed by atoms with Gasteiger partial charge in [0.25, 0.3) is 0 Å². The number of ketones is 1. The van der Waals surface area contributed by atoms with Crippen molar-refractivity contribution in [1.82, 2.24) is 4.98 Å². The molecule has 0 bridgehead atoms. The zero-order valence-corrected chi connectivity index (χ0v) is 8.46. The van der Waals surface area contributed by atoms with E-state index in [-0.39, 0.29) is 0 Å². The highest BCUT2D eigenvalue weighted by molar-refractivity contribution is 6.33. The van der Waals surface area contributed by atoms with Crippen LogP contribution in [0.25, 0.3) is 11.1 Å². The maximum absolute atomic E-state index is 11.1. The van der Waals surface area contributed by atoms with Gasteiger partial charge in [0.2, 0.25) is 5.78 Å². The van der Waals surface area contributed by atoms with Crippen LogP contribution in [0.4, 0.5) is 0 Å². The molecule has 1 heterocycles. The number of nitrogens with zero attached hydrogens (tertiary/aromatic N) is 1. The zero-order chi connectivity index (χ0) is 11.4. The lowest BCUT2D eigenvalue weighted by Crippen LogP contribution is -1.98. The van der Waals surface area contributed by atoms with Gasteiger partial charge in [0.15, 0.2) is 6.29 Å². The van der Waals surface area contributed by atoms with Crippen LogP contribution in [0.1, 0.15) is 10.4 Å². The predicted molar refractivity (Wildman–Crippen MR) is 60.1 cm³/mol. The van der Waals surface area contributed by atoms with Gasteiger partial charge in [-0.25, -0.2) is 0 Å². The Kier molecular flexibility index (Phi) is 2.87. The molecule has 0 saturated carbocycles. The molecule has 2 aromatic rings. The number of aromatic nitrogens is 1. The summed E-state index contributed by atoms with van der Waals surface area (Å²) in [5.74, 6) is -0.499. The first-order valence-electron chi connectivity index (χ1n) is 4.81. The first kappa shape index (κ1) is 10.2. The van der Waals surface area contributed by atoms with Crippen LogP contribution in [-0.2, 0) is 4.79 Å². The Bertz CT molecular complexity index is 503. The lowest BCUT2D eigenvalue weighted by atomic mass is 10.0. The lowest BCUT2D eigenvalue weighted by molar-refractivity contribution is -0.104. The molecule has 0 saturated heterocycles. The molecular weight excluding hydrogens is 202 g/mol. The highest BCUT2D eigenvalue weighted by Crippen LogP contribution is 2.18. The van der Waals surface area contributed by atoms with Crippen LogP contribution in [-0.4, -0.2) is 17.1 Å². The molecule has 0 atom stereocenters. The topological polar surface area (TPSA) is 47.0 Å². The Labute approximate surface area is 92.8 Å². The zero-order valence-electron chi connectivity index (χ0n) is 8.46. The van der Waals surface area contributed by atoms with Gasteiger partial charge < -0.3 is 0 Å². The summed E-state index contributed by atoms with van der Waals surface area (Å²) >= 11 is 0. The average Bonchev–Trinajstić information content (AvgIpc) is 2.39. The van der Waals surface area contributed by atoms with Gasteiger partial charge in [0.05, 0.1) is 0 Å². The first-order valence-corrected chi connectivity index (χ1v) is 4.81. The number of hydrogen-bond acceptors (Lipinski definition) is 3. The second-order valence-electron chi connectivity index (χ2n) is 3.30. The largest absolute Gasteiger partial charge is 0.294 e. The van der Waals surface area contributed by atoms with E-state index in [2.05, 4.69) is 4.98 Å². The molecule has 0 fully saturated rings. The molecule has 3 nitrogen and oxygen atoms in total. The van der Waals surface area contributed by atoms with E-state index in [4.69, 9.17) is 0 Å². The molecule has 16 heavy (non-hydrogen) atoms. The first-order chi connectivity index (χ1) is 7.81. The molecule has 0 radical (unpaired) electrons. The van der Waals surface area contributed by atoms with Gasteiger partial charge in [-0.15, -0.1) is 0 Å². The van der Waals surface area contributed by atoms with Crippen molar-refractivity contribution >= 4 is 12.1 Å². The van der Waals surface area contributed by atoms with Gasteiger partial charge in [-0.1, -0.05) is 24.3 Å². The van der Waals surface area contributed by atoms with Gasteiger partial charge in [-0.3, -0.25) is 14.6 Å². The van der Waals surface area contributed by atoms with Crippen molar-refractivity contribution < 1.29 is 9.59 Å². The van der Waals surface area contributed by atoms with Crippen molar-refractivity contribution in [3.63, 3.8) is 0 Å². The Balaban J connectivity index is 2.33. The van der Waals surface area contributed by atoms with Crippen LogP contribution in [0.2, 0.25) is 0 Å². The molecule has 1 aromatic carbocycles. The second-order valence-corrected chi connectivity index (χ2v) is 3.30.